The van der Waals surface area contributed by atoms with E-state index in [1.54, 1.807) is 28.6 Å². The number of amides is 2. The zero-order chi connectivity index (χ0) is 32.3. The van der Waals surface area contributed by atoms with Crippen molar-refractivity contribution in [3.63, 3.8) is 0 Å². The van der Waals surface area contributed by atoms with Gasteiger partial charge in [-0.3, -0.25) is 14.8 Å². The minimum atomic E-state index is -0.565. The van der Waals surface area contributed by atoms with Crippen molar-refractivity contribution >= 4 is 34.9 Å². The van der Waals surface area contributed by atoms with Crippen molar-refractivity contribution in [2.75, 3.05) is 5.75 Å². The van der Waals surface area contributed by atoms with E-state index in [1.165, 1.54) is 0 Å². The standard InChI is InChI=1S/C34H38N4O6S2/c1-22-36-37-34(46-22)45-21-28-18-30(25-12-10-23(20-39)11-13-25)44-33(43-28)26-16-14-24(15-17-26)29-7-3-2-6-27(29)19-35-31(40)8-4-5-9-32(41)38-42/h2-3,6-7,10-17,28,30,33,39,42H,4-5,8-9,18-21H2,1H3,(H,35,40)(H,38,41). The van der Waals surface area contributed by atoms with E-state index < -0.39 is 12.2 Å². The zero-order valence-electron chi connectivity index (χ0n) is 25.6. The van der Waals surface area contributed by atoms with Crippen LogP contribution in [0, 0.1) is 6.92 Å². The molecule has 3 aromatic carbocycles. The summed E-state index contributed by atoms with van der Waals surface area (Å²) in [5.41, 5.74) is 7.41. The van der Waals surface area contributed by atoms with E-state index in [-0.39, 0.29) is 31.1 Å². The number of aliphatic hydroxyl groups is 1. The number of unbranched alkanes of at least 4 members (excludes halogenated alkanes) is 1. The normalized spacial score (nSPS) is 17.8. The number of hydrogen-bond acceptors (Lipinski definition) is 10. The van der Waals surface area contributed by atoms with Gasteiger partial charge in [0.2, 0.25) is 11.8 Å². The molecule has 10 nitrogen and oxygen atoms in total. The van der Waals surface area contributed by atoms with Crippen LogP contribution in [-0.2, 0) is 32.2 Å². The number of rotatable bonds is 14. The number of nitrogens with zero attached hydrogens (tertiary/aromatic N) is 2. The molecule has 0 spiro atoms. The molecule has 5 rings (SSSR count). The molecule has 4 N–H and O–H groups in total. The van der Waals surface area contributed by atoms with Crippen LogP contribution >= 0.6 is 23.1 Å². The molecule has 1 aliphatic heterocycles. The van der Waals surface area contributed by atoms with Gasteiger partial charge in [0.15, 0.2) is 10.6 Å². The maximum Gasteiger partial charge on any atom is 0.243 e. The van der Waals surface area contributed by atoms with Crippen LogP contribution in [0.5, 0.6) is 0 Å². The maximum atomic E-state index is 12.4. The summed E-state index contributed by atoms with van der Waals surface area (Å²) in [5.74, 6) is 0.180. The van der Waals surface area contributed by atoms with Gasteiger partial charge in [0.25, 0.3) is 0 Å². The summed E-state index contributed by atoms with van der Waals surface area (Å²) in [6.45, 7) is 2.32. The molecule has 0 bridgehead atoms. The number of carbonyl (C=O) groups excluding carboxylic acids is 2. The number of thioether (sulfide) groups is 1. The summed E-state index contributed by atoms with van der Waals surface area (Å²) >= 11 is 3.21. The molecule has 3 unspecified atom stereocenters. The lowest BCUT2D eigenvalue weighted by Gasteiger charge is -2.36. The van der Waals surface area contributed by atoms with Crippen LogP contribution in [0.2, 0.25) is 0 Å². The number of aryl methyl sites for hydroxylation is 1. The molecule has 2 amide bonds. The second kappa shape index (κ2) is 16.8. The molecule has 0 aliphatic carbocycles. The molecule has 12 heteroatoms. The first kappa shape index (κ1) is 33.7. The first-order chi connectivity index (χ1) is 22.4. The SMILES string of the molecule is Cc1nnc(SCC2CC(c3ccc(CO)cc3)OC(c3ccc(-c4ccccc4CNC(=O)CCCCC(=O)NO)cc3)O2)s1. The highest BCUT2D eigenvalue weighted by Crippen LogP contribution is 2.40. The summed E-state index contributed by atoms with van der Waals surface area (Å²) < 4.78 is 13.9. The highest BCUT2D eigenvalue weighted by Gasteiger charge is 2.32. The molecule has 4 aromatic rings. The number of hydroxylamine groups is 1. The van der Waals surface area contributed by atoms with Gasteiger partial charge in [-0.2, -0.15) is 0 Å². The van der Waals surface area contributed by atoms with Crippen molar-refractivity contribution in [1.29, 1.82) is 0 Å². The van der Waals surface area contributed by atoms with E-state index in [2.05, 4.69) is 15.5 Å². The second-order valence-electron chi connectivity index (χ2n) is 11.0. The van der Waals surface area contributed by atoms with E-state index in [0.29, 0.717) is 32.2 Å². The average Bonchev–Trinajstić information content (AvgIpc) is 3.53. The van der Waals surface area contributed by atoms with Gasteiger partial charge in [-0.25, -0.2) is 5.48 Å². The van der Waals surface area contributed by atoms with Gasteiger partial charge < -0.3 is 19.9 Å². The van der Waals surface area contributed by atoms with E-state index in [9.17, 15) is 14.7 Å². The molecule has 242 valence electrons. The number of aliphatic hydroxyl groups excluding tert-OH is 1. The average molecular weight is 663 g/mol. The molecular formula is C34H38N4O6S2. The van der Waals surface area contributed by atoms with Gasteiger partial charge in [0, 0.05) is 37.1 Å². The van der Waals surface area contributed by atoms with Crippen LogP contribution in [0.1, 0.15) is 71.8 Å². The third-order valence-corrected chi connectivity index (χ3v) is 9.79. The lowest BCUT2D eigenvalue weighted by Crippen LogP contribution is -2.31. The number of aromatic nitrogens is 2. The van der Waals surface area contributed by atoms with E-state index in [1.807, 2.05) is 79.7 Å². The molecule has 0 saturated carbocycles. The Kier molecular flexibility index (Phi) is 12.3. The minimum Gasteiger partial charge on any atom is -0.392 e. The number of ether oxygens (including phenoxy) is 2. The molecule has 2 heterocycles. The Bertz CT molecular complexity index is 1580. The van der Waals surface area contributed by atoms with Crippen LogP contribution in [-0.4, -0.2) is 44.2 Å². The number of carbonyl (C=O) groups is 2. The van der Waals surface area contributed by atoms with Gasteiger partial charge in [-0.05, 0) is 47.6 Å². The summed E-state index contributed by atoms with van der Waals surface area (Å²) in [4.78, 5) is 23.6. The predicted molar refractivity (Wildman–Crippen MR) is 176 cm³/mol. The van der Waals surface area contributed by atoms with Crippen molar-refractivity contribution < 1.29 is 29.4 Å². The second-order valence-corrected chi connectivity index (χ2v) is 13.5. The van der Waals surface area contributed by atoms with E-state index in [4.69, 9.17) is 14.7 Å². The Morgan fingerprint density at radius 3 is 2.35 bits per heavy atom. The minimum absolute atomic E-state index is 0.00664. The van der Waals surface area contributed by atoms with Crippen LogP contribution in [0.4, 0.5) is 0 Å². The Morgan fingerprint density at radius 1 is 0.935 bits per heavy atom. The Morgan fingerprint density at radius 2 is 1.65 bits per heavy atom. The molecule has 1 saturated heterocycles. The van der Waals surface area contributed by atoms with Crippen LogP contribution in [0.25, 0.3) is 11.1 Å². The monoisotopic (exact) mass is 662 g/mol. The summed E-state index contributed by atoms with van der Waals surface area (Å²) in [6.07, 6.45) is 1.45. The Labute approximate surface area is 276 Å². The molecule has 0 radical (unpaired) electrons. The van der Waals surface area contributed by atoms with Gasteiger partial charge in [0.1, 0.15) is 5.01 Å². The van der Waals surface area contributed by atoms with Crippen molar-refractivity contribution in [3.8, 4) is 11.1 Å². The van der Waals surface area contributed by atoms with Crippen molar-refractivity contribution in [2.24, 2.45) is 0 Å². The summed E-state index contributed by atoms with van der Waals surface area (Å²) in [6, 6.07) is 23.9. The lowest BCUT2D eigenvalue weighted by atomic mass is 9.97. The molecule has 3 atom stereocenters. The first-order valence-corrected chi connectivity index (χ1v) is 17.0. The molecule has 1 aliphatic rings. The number of benzene rings is 3. The van der Waals surface area contributed by atoms with E-state index >= 15 is 0 Å². The molecule has 46 heavy (non-hydrogen) atoms. The summed E-state index contributed by atoms with van der Waals surface area (Å²) in [5, 5.41) is 30.4. The van der Waals surface area contributed by atoms with Gasteiger partial charge in [-0.15, -0.1) is 10.2 Å². The smallest absolute Gasteiger partial charge is 0.243 e. The van der Waals surface area contributed by atoms with E-state index in [0.717, 1.165) is 48.5 Å². The van der Waals surface area contributed by atoms with Gasteiger partial charge in [-0.1, -0.05) is 95.9 Å². The topological polar surface area (TPSA) is 143 Å². The fraction of sp³-hybridized carbons (Fsp3) is 0.353. The highest BCUT2D eigenvalue weighted by molar-refractivity contribution is 8.01. The predicted octanol–water partition coefficient (Wildman–Crippen LogP) is 6.03. The number of hydrogen-bond donors (Lipinski definition) is 4. The van der Waals surface area contributed by atoms with Gasteiger partial charge in [0.05, 0.1) is 18.8 Å². The quantitative estimate of drug-likeness (QED) is 0.0551. The highest BCUT2D eigenvalue weighted by atomic mass is 32.2. The maximum absolute atomic E-state index is 12.4. The van der Waals surface area contributed by atoms with Gasteiger partial charge >= 0.3 is 0 Å². The molecule has 1 fully saturated rings. The lowest BCUT2D eigenvalue weighted by molar-refractivity contribution is -0.245. The van der Waals surface area contributed by atoms with Crippen LogP contribution in [0.3, 0.4) is 0 Å². The fourth-order valence-electron chi connectivity index (χ4n) is 5.21. The van der Waals surface area contributed by atoms with Crippen molar-refractivity contribution in [1.82, 2.24) is 21.0 Å². The number of nitrogens with one attached hydrogen (secondary N) is 2. The third-order valence-electron chi connectivity index (χ3n) is 7.68. The molecular weight excluding hydrogens is 625 g/mol. The van der Waals surface area contributed by atoms with Crippen LogP contribution in [0.15, 0.2) is 77.1 Å². The summed E-state index contributed by atoms with van der Waals surface area (Å²) in [7, 11) is 0. The largest absolute Gasteiger partial charge is 0.392 e. The van der Waals surface area contributed by atoms with Crippen molar-refractivity contribution in [3.05, 3.63) is 100 Å². The third kappa shape index (κ3) is 9.44. The first-order valence-electron chi connectivity index (χ1n) is 15.2. The van der Waals surface area contributed by atoms with Crippen LogP contribution < -0.4 is 10.8 Å². The van der Waals surface area contributed by atoms with Crippen molar-refractivity contribution in [2.45, 2.75) is 75.0 Å². The Hall–Kier alpha value is -3.65. The zero-order valence-corrected chi connectivity index (χ0v) is 27.2. The fourth-order valence-corrected chi connectivity index (χ4v) is 7.07. The molecule has 1 aromatic heterocycles. The Balaban J connectivity index is 1.25.